The molecule has 2 saturated carbocycles. The minimum atomic E-state index is -1.06. The van der Waals surface area contributed by atoms with E-state index in [1.807, 2.05) is 12.4 Å². The molecule has 36 heavy (non-hydrogen) atoms. The molecule has 3 fully saturated rings. The summed E-state index contributed by atoms with van der Waals surface area (Å²) < 4.78 is 15.1. The highest BCUT2D eigenvalue weighted by Gasteiger charge is 2.48. The van der Waals surface area contributed by atoms with Crippen molar-refractivity contribution >= 4 is 22.9 Å². The van der Waals surface area contributed by atoms with E-state index in [0.717, 1.165) is 73.8 Å². The zero-order chi connectivity index (χ0) is 24.5. The Bertz CT molecular complexity index is 1280. The van der Waals surface area contributed by atoms with Gasteiger partial charge >= 0.3 is 0 Å². The largest absolute Gasteiger partial charge is 0.369 e. The monoisotopic (exact) mass is 487 g/mol. The van der Waals surface area contributed by atoms with Crippen LogP contribution in [-0.2, 0) is 11.2 Å². The number of rotatable bonds is 5. The number of hydrogen-bond acceptors (Lipinski definition) is 5. The standard InChI is InChI=1S/C29H34FN5O/c1-19-12-23-22(3-5-25-24(23)14-32-33-25)27(35(19)18-29(30)10-11-29)26-4-2-21(13-31-26)34-16-28(17-34)8-6-20(15-36)7-9-28/h2-5,13-15,19-20,27H,6-12,16-18H2,1H3,(H,32,33)/t19-,27+/m1/s1. The number of H-pyrrole nitrogens is 1. The molecule has 4 heterocycles. The van der Waals surface area contributed by atoms with Crippen molar-refractivity contribution in [3.05, 3.63) is 53.5 Å². The van der Waals surface area contributed by atoms with Crippen molar-refractivity contribution in [2.24, 2.45) is 11.3 Å². The normalized spacial score (nSPS) is 27.1. The second-order valence-electron chi connectivity index (χ2n) is 12.0. The van der Waals surface area contributed by atoms with Gasteiger partial charge in [-0.2, -0.15) is 5.10 Å². The van der Waals surface area contributed by atoms with Gasteiger partial charge in [-0.05, 0) is 81.2 Å². The number of benzene rings is 1. The van der Waals surface area contributed by atoms with E-state index in [2.05, 4.69) is 51.2 Å². The van der Waals surface area contributed by atoms with Crippen LogP contribution in [0.4, 0.5) is 10.1 Å². The summed E-state index contributed by atoms with van der Waals surface area (Å²) in [7, 11) is 0. The summed E-state index contributed by atoms with van der Waals surface area (Å²) >= 11 is 0. The number of aromatic amines is 1. The van der Waals surface area contributed by atoms with Gasteiger partial charge in [-0.1, -0.05) is 6.07 Å². The van der Waals surface area contributed by atoms with Gasteiger partial charge in [0.1, 0.15) is 12.0 Å². The average molecular weight is 488 g/mol. The van der Waals surface area contributed by atoms with Crippen LogP contribution in [0.1, 0.15) is 68.3 Å². The molecule has 3 aromatic rings. The number of aldehydes is 1. The van der Waals surface area contributed by atoms with E-state index in [4.69, 9.17) is 4.98 Å². The SMILES string of the molecule is C[C@@H]1Cc2c(ccc3[nH]ncc23)[C@@H](c2ccc(N3CC4(CCC(C=O)CC4)C3)cn2)N1CC1(F)CC1. The number of carbonyl (C=O) groups is 1. The Morgan fingerprint density at radius 1 is 1.11 bits per heavy atom. The van der Waals surface area contributed by atoms with Crippen LogP contribution in [0.5, 0.6) is 0 Å². The van der Waals surface area contributed by atoms with E-state index in [-0.39, 0.29) is 18.0 Å². The number of carbonyl (C=O) groups excluding carboxylic acids is 1. The molecular formula is C29H34FN5O. The molecule has 188 valence electrons. The van der Waals surface area contributed by atoms with Crippen LogP contribution in [-0.4, -0.2) is 57.7 Å². The molecule has 1 aromatic carbocycles. The number of aromatic nitrogens is 3. The Morgan fingerprint density at radius 3 is 2.61 bits per heavy atom. The number of hydrogen-bond donors (Lipinski definition) is 1. The molecule has 0 radical (unpaired) electrons. The third-order valence-electron chi connectivity index (χ3n) is 9.47. The molecule has 7 heteroatoms. The van der Waals surface area contributed by atoms with Gasteiger partial charge in [0.2, 0.25) is 0 Å². The smallest absolute Gasteiger partial charge is 0.124 e. The maximum atomic E-state index is 15.1. The van der Waals surface area contributed by atoms with Crippen molar-refractivity contribution in [2.45, 2.75) is 69.6 Å². The first kappa shape index (κ1) is 22.4. The predicted molar refractivity (Wildman–Crippen MR) is 138 cm³/mol. The Labute approximate surface area is 211 Å². The van der Waals surface area contributed by atoms with E-state index >= 15 is 4.39 Å². The Hall–Kier alpha value is -2.80. The fourth-order valence-electron chi connectivity index (χ4n) is 7.02. The summed E-state index contributed by atoms with van der Waals surface area (Å²) in [6.45, 7) is 4.78. The zero-order valence-corrected chi connectivity index (χ0v) is 20.9. The maximum Gasteiger partial charge on any atom is 0.124 e. The molecule has 0 bridgehead atoms. The molecule has 6 nitrogen and oxygen atoms in total. The van der Waals surface area contributed by atoms with Gasteiger partial charge in [0.15, 0.2) is 0 Å². The molecule has 2 aliphatic heterocycles. The molecule has 4 aliphatic rings. The van der Waals surface area contributed by atoms with Crippen LogP contribution in [0.25, 0.3) is 10.9 Å². The van der Waals surface area contributed by atoms with Gasteiger partial charge in [-0.25, -0.2) is 4.39 Å². The minimum Gasteiger partial charge on any atom is -0.369 e. The molecule has 1 N–H and O–H groups in total. The highest BCUT2D eigenvalue weighted by Crippen LogP contribution is 2.48. The van der Waals surface area contributed by atoms with E-state index in [1.54, 1.807) is 0 Å². The summed E-state index contributed by atoms with van der Waals surface area (Å²) in [4.78, 5) is 20.9. The van der Waals surface area contributed by atoms with Crippen LogP contribution in [0.2, 0.25) is 0 Å². The van der Waals surface area contributed by atoms with Gasteiger partial charge in [0.05, 0.1) is 35.3 Å². The van der Waals surface area contributed by atoms with Gasteiger partial charge < -0.3 is 9.69 Å². The summed E-state index contributed by atoms with van der Waals surface area (Å²) in [5.74, 6) is 0.261. The van der Waals surface area contributed by atoms with E-state index in [1.165, 1.54) is 11.1 Å². The lowest BCUT2D eigenvalue weighted by molar-refractivity contribution is -0.112. The third kappa shape index (κ3) is 3.66. The van der Waals surface area contributed by atoms with Crippen molar-refractivity contribution in [3.8, 4) is 0 Å². The van der Waals surface area contributed by atoms with E-state index < -0.39 is 5.67 Å². The van der Waals surface area contributed by atoms with Crippen LogP contribution < -0.4 is 4.90 Å². The fourth-order valence-corrected chi connectivity index (χ4v) is 7.02. The molecule has 2 aliphatic carbocycles. The molecular weight excluding hydrogens is 453 g/mol. The summed E-state index contributed by atoms with van der Waals surface area (Å²) in [6, 6.07) is 8.78. The molecule has 0 unspecified atom stereocenters. The topological polar surface area (TPSA) is 65.1 Å². The average Bonchev–Trinajstić information content (AvgIpc) is 3.40. The van der Waals surface area contributed by atoms with Gasteiger partial charge in [-0.15, -0.1) is 0 Å². The number of nitrogens with one attached hydrogen (secondary N) is 1. The summed E-state index contributed by atoms with van der Waals surface area (Å²) in [5, 5.41) is 8.54. The van der Waals surface area contributed by atoms with Crippen molar-refractivity contribution in [2.75, 3.05) is 24.5 Å². The van der Waals surface area contributed by atoms with Gasteiger partial charge in [-0.3, -0.25) is 15.0 Å². The minimum absolute atomic E-state index is 0.0633. The number of fused-ring (bicyclic) bond motifs is 3. The molecule has 1 spiro atoms. The second kappa shape index (κ2) is 8.10. The van der Waals surface area contributed by atoms with Gasteiger partial charge in [0, 0.05) is 42.4 Å². The van der Waals surface area contributed by atoms with Crippen LogP contribution >= 0.6 is 0 Å². The number of anilines is 1. The number of halogens is 1. The Kier molecular flexibility index (Phi) is 5.04. The Balaban J connectivity index is 1.17. The fraction of sp³-hybridized carbons (Fsp3) is 0.552. The predicted octanol–water partition coefficient (Wildman–Crippen LogP) is 4.99. The highest BCUT2D eigenvalue weighted by molar-refractivity contribution is 5.83. The zero-order valence-electron chi connectivity index (χ0n) is 20.9. The summed E-state index contributed by atoms with van der Waals surface area (Å²) in [6.07, 6.45) is 11.6. The molecule has 0 amide bonds. The lowest BCUT2D eigenvalue weighted by atomic mass is 9.66. The molecule has 2 aromatic heterocycles. The highest BCUT2D eigenvalue weighted by atomic mass is 19.1. The van der Waals surface area contributed by atoms with Crippen molar-refractivity contribution < 1.29 is 9.18 Å². The first-order valence-corrected chi connectivity index (χ1v) is 13.5. The molecule has 1 saturated heterocycles. The van der Waals surface area contributed by atoms with E-state index in [0.29, 0.717) is 24.8 Å². The van der Waals surface area contributed by atoms with E-state index in [9.17, 15) is 4.79 Å². The van der Waals surface area contributed by atoms with Crippen molar-refractivity contribution in [3.63, 3.8) is 0 Å². The lowest BCUT2D eigenvalue weighted by Gasteiger charge is -2.54. The number of alkyl halides is 1. The second-order valence-corrected chi connectivity index (χ2v) is 12.0. The molecule has 7 rings (SSSR count). The lowest BCUT2D eigenvalue weighted by Crippen LogP contribution is -2.57. The van der Waals surface area contributed by atoms with Crippen molar-refractivity contribution in [1.82, 2.24) is 20.1 Å². The van der Waals surface area contributed by atoms with Crippen molar-refractivity contribution in [1.29, 1.82) is 0 Å². The maximum absolute atomic E-state index is 15.1. The van der Waals surface area contributed by atoms with Crippen LogP contribution in [0, 0.1) is 11.3 Å². The summed E-state index contributed by atoms with van der Waals surface area (Å²) in [5.41, 5.74) is 5.05. The Morgan fingerprint density at radius 2 is 1.92 bits per heavy atom. The number of nitrogens with zero attached hydrogens (tertiary/aromatic N) is 4. The third-order valence-corrected chi connectivity index (χ3v) is 9.47. The van der Waals surface area contributed by atoms with Crippen LogP contribution in [0.15, 0.2) is 36.7 Å². The first-order chi connectivity index (χ1) is 17.5. The first-order valence-electron chi connectivity index (χ1n) is 13.5. The van der Waals surface area contributed by atoms with Gasteiger partial charge in [0.25, 0.3) is 0 Å². The van der Waals surface area contributed by atoms with Crippen LogP contribution in [0.3, 0.4) is 0 Å². The number of pyridine rings is 1. The quantitative estimate of drug-likeness (QED) is 0.514. The molecule has 2 atom stereocenters.